The second kappa shape index (κ2) is 8.26. The molecule has 0 fully saturated rings. The van der Waals surface area contributed by atoms with Crippen LogP contribution in [-0.2, 0) is 11.0 Å². The lowest BCUT2D eigenvalue weighted by Gasteiger charge is -2.09. The van der Waals surface area contributed by atoms with Crippen LogP contribution in [0.15, 0.2) is 53.7 Å². The summed E-state index contributed by atoms with van der Waals surface area (Å²) < 4.78 is 39.6. The van der Waals surface area contributed by atoms with Crippen molar-refractivity contribution in [3.05, 3.63) is 64.5 Å². The van der Waals surface area contributed by atoms with Crippen LogP contribution < -0.4 is 5.32 Å². The molecule has 0 saturated carbocycles. The fourth-order valence-corrected chi connectivity index (χ4v) is 3.11. The van der Waals surface area contributed by atoms with Crippen molar-refractivity contribution < 1.29 is 22.9 Å². The van der Waals surface area contributed by atoms with Crippen LogP contribution in [0.3, 0.4) is 0 Å². The summed E-state index contributed by atoms with van der Waals surface area (Å²) in [5.74, 6) is -0.723. The maximum Gasteiger partial charge on any atom is 0.416 e. The van der Waals surface area contributed by atoms with Gasteiger partial charge in [-0.25, -0.2) is 4.68 Å². The minimum Gasteiger partial charge on any atom is -0.325 e. The molecule has 9 nitrogen and oxygen atoms in total. The molecule has 0 aliphatic heterocycles. The molecule has 150 valence electrons. The zero-order valence-electron chi connectivity index (χ0n) is 14.3. The first kappa shape index (κ1) is 20.3. The molecule has 0 aliphatic carbocycles. The first-order valence-corrected chi connectivity index (χ1v) is 8.84. The molecule has 13 heteroatoms. The van der Waals surface area contributed by atoms with Gasteiger partial charge in [-0.2, -0.15) is 13.2 Å². The van der Waals surface area contributed by atoms with E-state index in [0.29, 0.717) is 17.4 Å². The third kappa shape index (κ3) is 5.07. The number of amides is 1. The van der Waals surface area contributed by atoms with Crippen LogP contribution in [0, 0.1) is 10.1 Å². The Morgan fingerprint density at radius 2 is 2.03 bits per heavy atom. The second-order valence-electron chi connectivity index (χ2n) is 5.58. The highest BCUT2D eigenvalue weighted by molar-refractivity contribution is 8.00. The summed E-state index contributed by atoms with van der Waals surface area (Å²) in [6.07, 6.45) is -3.32. The molecule has 1 N–H and O–H groups in total. The summed E-state index contributed by atoms with van der Waals surface area (Å²) in [6, 6.07) is 8.79. The number of benzene rings is 2. The van der Waals surface area contributed by atoms with Crippen LogP contribution in [0.2, 0.25) is 0 Å². The largest absolute Gasteiger partial charge is 0.416 e. The van der Waals surface area contributed by atoms with Crippen molar-refractivity contribution in [2.45, 2.75) is 11.1 Å². The molecule has 3 aromatic rings. The van der Waals surface area contributed by atoms with Gasteiger partial charge in [-0.1, -0.05) is 6.07 Å². The molecule has 1 amide bonds. The number of nitrogens with one attached hydrogen (secondary N) is 1. The summed E-state index contributed by atoms with van der Waals surface area (Å²) in [5.41, 5.74) is -0.805. The fraction of sp³-hybridized carbons (Fsp3) is 0.125. The summed E-state index contributed by atoms with van der Waals surface area (Å²) in [4.78, 5) is 22.3. The molecule has 0 radical (unpaired) electrons. The molecule has 0 spiro atoms. The lowest BCUT2D eigenvalue weighted by molar-refractivity contribution is -0.388. The number of rotatable bonds is 6. The van der Waals surface area contributed by atoms with Crippen molar-refractivity contribution in [3.63, 3.8) is 0 Å². The number of nitrogens with zero attached hydrogens (tertiary/aromatic N) is 5. The summed E-state index contributed by atoms with van der Waals surface area (Å²) >= 11 is 0.765. The van der Waals surface area contributed by atoms with E-state index in [1.54, 1.807) is 24.3 Å². The molecule has 0 bridgehead atoms. The van der Waals surface area contributed by atoms with Gasteiger partial charge in [0.25, 0.3) is 5.69 Å². The number of thioether (sulfide) groups is 1. The van der Waals surface area contributed by atoms with Crippen molar-refractivity contribution in [2.24, 2.45) is 0 Å². The average Bonchev–Trinajstić information content (AvgIpc) is 3.20. The van der Waals surface area contributed by atoms with Gasteiger partial charge in [-0.15, -0.1) is 16.9 Å². The number of alkyl halides is 3. The second-order valence-corrected chi connectivity index (χ2v) is 6.60. The smallest absolute Gasteiger partial charge is 0.325 e. The van der Waals surface area contributed by atoms with Gasteiger partial charge >= 0.3 is 6.18 Å². The van der Waals surface area contributed by atoms with E-state index in [1.807, 2.05) is 0 Å². The Bertz CT molecular complexity index is 1040. The van der Waals surface area contributed by atoms with Gasteiger partial charge in [-0.05, 0) is 40.8 Å². The number of anilines is 1. The van der Waals surface area contributed by atoms with E-state index in [2.05, 4.69) is 20.8 Å². The lowest BCUT2D eigenvalue weighted by atomic mass is 10.2. The summed E-state index contributed by atoms with van der Waals surface area (Å²) in [7, 11) is 0. The van der Waals surface area contributed by atoms with Crippen LogP contribution in [0.1, 0.15) is 5.56 Å². The Labute approximate surface area is 165 Å². The Hall–Kier alpha value is -3.48. The van der Waals surface area contributed by atoms with E-state index < -0.39 is 28.3 Å². The monoisotopic (exact) mass is 424 g/mol. The molecular formula is C16H11F3N6O3S. The van der Waals surface area contributed by atoms with Gasteiger partial charge in [0, 0.05) is 11.8 Å². The third-order valence-corrected chi connectivity index (χ3v) is 4.65. The van der Waals surface area contributed by atoms with E-state index in [1.165, 1.54) is 11.0 Å². The minimum absolute atomic E-state index is 0.0411. The summed E-state index contributed by atoms with van der Waals surface area (Å²) in [5, 5.41) is 24.5. The van der Waals surface area contributed by atoms with Crippen LogP contribution in [-0.4, -0.2) is 36.8 Å². The van der Waals surface area contributed by atoms with E-state index >= 15 is 0 Å². The number of carbonyl (C=O) groups is 1. The Morgan fingerprint density at radius 1 is 1.24 bits per heavy atom. The number of nitro benzene ring substituents is 1. The predicted octanol–water partition coefficient (Wildman–Crippen LogP) is 3.32. The van der Waals surface area contributed by atoms with Gasteiger partial charge in [0.2, 0.25) is 5.91 Å². The molecule has 29 heavy (non-hydrogen) atoms. The molecule has 0 aliphatic rings. The highest BCUT2D eigenvalue weighted by Crippen LogP contribution is 2.36. The number of hydrogen-bond donors (Lipinski definition) is 1. The Balaban J connectivity index is 1.68. The number of hydrogen-bond acceptors (Lipinski definition) is 7. The Morgan fingerprint density at radius 3 is 2.69 bits per heavy atom. The number of tetrazole rings is 1. The van der Waals surface area contributed by atoms with Crippen molar-refractivity contribution in [3.8, 4) is 5.69 Å². The van der Waals surface area contributed by atoms with Gasteiger partial charge in [-0.3, -0.25) is 14.9 Å². The highest BCUT2D eigenvalue weighted by atomic mass is 32.2. The number of halogens is 3. The fourth-order valence-electron chi connectivity index (χ4n) is 2.30. The maximum absolute atomic E-state index is 12.7. The molecular weight excluding hydrogens is 413 g/mol. The minimum atomic E-state index is -4.70. The topological polar surface area (TPSA) is 116 Å². The predicted molar refractivity (Wildman–Crippen MR) is 96.6 cm³/mol. The molecule has 3 rings (SSSR count). The molecule has 1 heterocycles. The first-order valence-electron chi connectivity index (χ1n) is 7.86. The van der Waals surface area contributed by atoms with Crippen LogP contribution in [0.25, 0.3) is 5.69 Å². The average molecular weight is 424 g/mol. The first-order chi connectivity index (χ1) is 13.7. The molecule has 0 unspecified atom stereocenters. The van der Waals surface area contributed by atoms with E-state index in [4.69, 9.17) is 0 Å². The number of nitro groups is 1. The van der Waals surface area contributed by atoms with Gasteiger partial charge in [0.15, 0.2) is 0 Å². The molecule has 2 aromatic carbocycles. The number of carbonyl (C=O) groups excluding carboxylic acids is 1. The molecule has 1 aromatic heterocycles. The lowest BCUT2D eigenvalue weighted by Crippen LogP contribution is -2.14. The normalized spacial score (nSPS) is 11.3. The Kier molecular flexibility index (Phi) is 5.77. The van der Waals surface area contributed by atoms with E-state index in [0.717, 1.165) is 23.9 Å². The van der Waals surface area contributed by atoms with Gasteiger partial charge < -0.3 is 5.32 Å². The van der Waals surface area contributed by atoms with Crippen LogP contribution in [0.4, 0.5) is 24.5 Å². The third-order valence-electron chi connectivity index (χ3n) is 3.59. The standard InChI is InChI=1S/C16H11F3N6O3S/c17-16(18,19)10-4-5-14(13(6-10)25(27)28)29-8-15(26)21-11-2-1-3-12(7-11)24-9-20-22-23-24/h1-7,9H,8H2,(H,21,26). The van der Waals surface area contributed by atoms with Crippen molar-refractivity contribution in [1.29, 1.82) is 0 Å². The highest BCUT2D eigenvalue weighted by Gasteiger charge is 2.33. The maximum atomic E-state index is 12.7. The van der Waals surface area contributed by atoms with E-state index in [9.17, 15) is 28.1 Å². The van der Waals surface area contributed by atoms with E-state index in [-0.39, 0.29) is 10.6 Å². The zero-order valence-corrected chi connectivity index (χ0v) is 15.1. The zero-order chi connectivity index (χ0) is 21.0. The number of aromatic nitrogens is 4. The van der Waals surface area contributed by atoms with Crippen molar-refractivity contribution in [1.82, 2.24) is 20.2 Å². The van der Waals surface area contributed by atoms with Crippen LogP contribution in [0.5, 0.6) is 0 Å². The van der Waals surface area contributed by atoms with Crippen molar-refractivity contribution >= 4 is 29.0 Å². The quantitative estimate of drug-likeness (QED) is 0.367. The molecule has 0 saturated heterocycles. The molecule has 0 atom stereocenters. The summed E-state index contributed by atoms with van der Waals surface area (Å²) in [6.45, 7) is 0. The van der Waals surface area contributed by atoms with Crippen molar-refractivity contribution in [2.75, 3.05) is 11.1 Å². The van der Waals surface area contributed by atoms with Crippen LogP contribution >= 0.6 is 11.8 Å². The SMILES string of the molecule is O=C(CSc1ccc(C(F)(F)F)cc1[N+](=O)[O-])Nc1cccc(-n2cnnn2)c1. The van der Waals surface area contributed by atoms with Gasteiger partial charge in [0.1, 0.15) is 6.33 Å². The van der Waals surface area contributed by atoms with Gasteiger partial charge in [0.05, 0.1) is 26.8 Å².